The number of nitrogens with two attached hydrogens (primary N) is 1. The van der Waals surface area contributed by atoms with E-state index in [9.17, 15) is 0 Å². The Morgan fingerprint density at radius 1 is 1.58 bits per heavy atom. The van der Waals surface area contributed by atoms with Gasteiger partial charge in [0.2, 0.25) is 0 Å². The second-order valence-corrected chi connectivity index (χ2v) is 4.40. The normalized spacial score (nSPS) is 17.8. The Bertz CT molecular complexity index is 261. The molecule has 66 valence electrons. The minimum Gasteiger partial charge on any atom is -0.296 e. The molecule has 1 aliphatic rings. The van der Waals surface area contributed by atoms with Crippen LogP contribution < -0.4 is 5.90 Å². The Morgan fingerprint density at radius 3 is 3.08 bits per heavy atom. The van der Waals surface area contributed by atoms with Crippen LogP contribution in [0.25, 0.3) is 0 Å². The molecule has 0 aliphatic heterocycles. The minimum atomic E-state index is 0.0561. The SMILES string of the molecule is CC(ON)c1cc2c(s1)CCC2. The maximum Gasteiger partial charge on any atom is 0.110 e. The van der Waals surface area contributed by atoms with Crippen molar-refractivity contribution in [2.75, 3.05) is 0 Å². The van der Waals surface area contributed by atoms with Gasteiger partial charge in [-0.25, -0.2) is 5.90 Å². The number of thiophene rings is 1. The van der Waals surface area contributed by atoms with Gasteiger partial charge in [0.15, 0.2) is 0 Å². The summed E-state index contributed by atoms with van der Waals surface area (Å²) in [4.78, 5) is 7.59. The number of hydrogen-bond acceptors (Lipinski definition) is 3. The summed E-state index contributed by atoms with van der Waals surface area (Å²) in [5.74, 6) is 5.13. The molecule has 0 amide bonds. The standard InChI is InChI=1S/C9H13NOS/c1-6(11-10)9-5-7-3-2-4-8(7)12-9/h5-6H,2-4,10H2,1H3. The molecule has 12 heavy (non-hydrogen) atoms. The van der Waals surface area contributed by atoms with Gasteiger partial charge in [0, 0.05) is 9.75 Å². The molecule has 1 atom stereocenters. The van der Waals surface area contributed by atoms with Crippen molar-refractivity contribution in [3.63, 3.8) is 0 Å². The quantitative estimate of drug-likeness (QED) is 0.713. The summed E-state index contributed by atoms with van der Waals surface area (Å²) in [5, 5.41) is 0. The van der Waals surface area contributed by atoms with Crippen LogP contribution in [0.2, 0.25) is 0 Å². The van der Waals surface area contributed by atoms with E-state index < -0.39 is 0 Å². The second kappa shape index (κ2) is 3.17. The van der Waals surface area contributed by atoms with Crippen LogP contribution in [0.1, 0.15) is 34.8 Å². The van der Waals surface area contributed by atoms with E-state index in [0.29, 0.717) is 0 Å². The summed E-state index contributed by atoms with van der Waals surface area (Å²) in [7, 11) is 0. The smallest absolute Gasteiger partial charge is 0.110 e. The molecule has 1 aliphatic carbocycles. The third-order valence-electron chi connectivity index (χ3n) is 2.37. The first kappa shape index (κ1) is 8.23. The van der Waals surface area contributed by atoms with Crippen molar-refractivity contribution in [2.45, 2.75) is 32.3 Å². The van der Waals surface area contributed by atoms with Gasteiger partial charge >= 0.3 is 0 Å². The minimum absolute atomic E-state index is 0.0561. The van der Waals surface area contributed by atoms with E-state index in [-0.39, 0.29) is 6.10 Å². The summed E-state index contributed by atoms with van der Waals surface area (Å²) < 4.78 is 0. The van der Waals surface area contributed by atoms with Crippen molar-refractivity contribution >= 4 is 11.3 Å². The molecule has 3 heteroatoms. The predicted octanol–water partition coefficient (Wildman–Crippen LogP) is 2.19. The van der Waals surface area contributed by atoms with Crippen LogP contribution in [-0.2, 0) is 17.7 Å². The lowest BCUT2D eigenvalue weighted by Crippen LogP contribution is -2.03. The van der Waals surface area contributed by atoms with Crippen LogP contribution in [0, 0.1) is 0 Å². The van der Waals surface area contributed by atoms with Crippen molar-refractivity contribution in [3.8, 4) is 0 Å². The molecule has 2 rings (SSSR count). The fourth-order valence-electron chi connectivity index (χ4n) is 1.62. The second-order valence-electron chi connectivity index (χ2n) is 3.23. The lowest BCUT2D eigenvalue weighted by molar-refractivity contribution is 0.0688. The Kier molecular flexibility index (Phi) is 2.17. The average molecular weight is 183 g/mol. The first-order chi connectivity index (χ1) is 5.81. The van der Waals surface area contributed by atoms with Crippen molar-refractivity contribution < 1.29 is 4.84 Å². The highest BCUT2D eigenvalue weighted by atomic mass is 32.1. The molecule has 0 aromatic carbocycles. The van der Waals surface area contributed by atoms with Gasteiger partial charge in [-0.15, -0.1) is 11.3 Å². The van der Waals surface area contributed by atoms with E-state index in [2.05, 4.69) is 6.07 Å². The summed E-state index contributed by atoms with van der Waals surface area (Å²) in [5.41, 5.74) is 1.51. The Labute approximate surface area is 76.3 Å². The van der Waals surface area contributed by atoms with Gasteiger partial charge in [0.1, 0.15) is 6.10 Å². The summed E-state index contributed by atoms with van der Waals surface area (Å²) >= 11 is 1.85. The van der Waals surface area contributed by atoms with Gasteiger partial charge in [0.25, 0.3) is 0 Å². The Hall–Kier alpha value is -0.380. The maximum absolute atomic E-state index is 5.13. The van der Waals surface area contributed by atoms with Crippen molar-refractivity contribution in [2.24, 2.45) is 5.90 Å². The molecule has 1 heterocycles. The van der Waals surface area contributed by atoms with E-state index >= 15 is 0 Å². The zero-order valence-corrected chi connectivity index (χ0v) is 7.99. The predicted molar refractivity (Wildman–Crippen MR) is 50.0 cm³/mol. The van der Waals surface area contributed by atoms with Crippen molar-refractivity contribution in [1.29, 1.82) is 0 Å². The number of rotatable bonds is 2. The van der Waals surface area contributed by atoms with Crippen LogP contribution >= 0.6 is 11.3 Å². The van der Waals surface area contributed by atoms with E-state index in [4.69, 9.17) is 10.7 Å². The zero-order chi connectivity index (χ0) is 8.55. The lowest BCUT2D eigenvalue weighted by Gasteiger charge is -2.04. The molecule has 2 nitrogen and oxygen atoms in total. The summed E-state index contributed by atoms with van der Waals surface area (Å²) in [6.45, 7) is 1.99. The molecule has 2 N–H and O–H groups in total. The Morgan fingerprint density at radius 2 is 2.42 bits per heavy atom. The van der Waals surface area contributed by atoms with E-state index in [1.54, 1.807) is 0 Å². The molecule has 0 radical (unpaired) electrons. The van der Waals surface area contributed by atoms with E-state index in [0.717, 1.165) is 0 Å². The van der Waals surface area contributed by atoms with Gasteiger partial charge in [-0.2, -0.15) is 0 Å². The number of aryl methyl sites for hydroxylation is 2. The maximum atomic E-state index is 5.13. The molecule has 0 bridgehead atoms. The molecule has 0 saturated carbocycles. The van der Waals surface area contributed by atoms with E-state index in [1.165, 1.54) is 34.6 Å². The highest BCUT2D eigenvalue weighted by molar-refractivity contribution is 7.12. The van der Waals surface area contributed by atoms with Gasteiger partial charge < -0.3 is 0 Å². The molecule has 1 aromatic rings. The van der Waals surface area contributed by atoms with E-state index in [1.807, 2.05) is 18.3 Å². The van der Waals surface area contributed by atoms with Gasteiger partial charge in [-0.3, -0.25) is 4.84 Å². The molecular formula is C9H13NOS. The Balaban J connectivity index is 2.25. The van der Waals surface area contributed by atoms with Crippen LogP contribution in [0.3, 0.4) is 0 Å². The van der Waals surface area contributed by atoms with Crippen LogP contribution in [0.4, 0.5) is 0 Å². The molecule has 0 saturated heterocycles. The fourth-order valence-corrected chi connectivity index (χ4v) is 2.87. The summed E-state index contributed by atoms with van der Waals surface area (Å²) in [6, 6.07) is 2.24. The summed E-state index contributed by atoms with van der Waals surface area (Å²) in [6.07, 6.45) is 3.86. The fraction of sp³-hybridized carbons (Fsp3) is 0.556. The van der Waals surface area contributed by atoms with Gasteiger partial charge in [0.05, 0.1) is 0 Å². The molecule has 1 unspecified atom stereocenters. The lowest BCUT2D eigenvalue weighted by atomic mass is 10.2. The first-order valence-electron chi connectivity index (χ1n) is 4.28. The highest BCUT2D eigenvalue weighted by Gasteiger charge is 2.17. The zero-order valence-electron chi connectivity index (χ0n) is 7.17. The van der Waals surface area contributed by atoms with Gasteiger partial charge in [-0.1, -0.05) is 0 Å². The number of fused-ring (bicyclic) bond motifs is 1. The van der Waals surface area contributed by atoms with Crippen LogP contribution in [-0.4, -0.2) is 0 Å². The average Bonchev–Trinajstić information content (AvgIpc) is 2.60. The van der Waals surface area contributed by atoms with Crippen molar-refractivity contribution in [1.82, 2.24) is 0 Å². The number of hydrogen-bond donors (Lipinski definition) is 1. The largest absolute Gasteiger partial charge is 0.296 e. The third kappa shape index (κ3) is 1.28. The molecular weight excluding hydrogens is 170 g/mol. The monoisotopic (exact) mass is 183 g/mol. The third-order valence-corrected chi connectivity index (χ3v) is 3.77. The molecule has 0 spiro atoms. The highest BCUT2D eigenvalue weighted by Crippen LogP contribution is 2.34. The van der Waals surface area contributed by atoms with Gasteiger partial charge in [-0.05, 0) is 37.8 Å². The molecule has 0 fully saturated rings. The molecule has 1 aromatic heterocycles. The van der Waals surface area contributed by atoms with Crippen LogP contribution in [0.15, 0.2) is 6.07 Å². The van der Waals surface area contributed by atoms with Crippen molar-refractivity contribution in [3.05, 3.63) is 21.4 Å². The van der Waals surface area contributed by atoms with Crippen LogP contribution in [0.5, 0.6) is 0 Å². The first-order valence-corrected chi connectivity index (χ1v) is 5.10. The topological polar surface area (TPSA) is 35.2 Å².